The average Bonchev–Trinajstić information content (AvgIpc) is 3.31. The molecule has 1 aromatic carbocycles. The first kappa shape index (κ1) is 21.9. The molecule has 0 spiro atoms. The van der Waals surface area contributed by atoms with Gasteiger partial charge >= 0.3 is 0 Å². The number of benzene rings is 1. The molecule has 0 radical (unpaired) electrons. The van der Waals surface area contributed by atoms with Crippen LogP contribution in [0.3, 0.4) is 0 Å². The van der Waals surface area contributed by atoms with Gasteiger partial charge in [-0.25, -0.2) is 15.0 Å². The van der Waals surface area contributed by atoms with Gasteiger partial charge in [0.25, 0.3) is 0 Å². The summed E-state index contributed by atoms with van der Waals surface area (Å²) < 4.78 is 12.9. The maximum Gasteiger partial charge on any atom is 0.225 e. The summed E-state index contributed by atoms with van der Waals surface area (Å²) in [5.74, 6) is 3.34. The van der Waals surface area contributed by atoms with Crippen LogP contribution in [0, 0.1) is 6.92 Å². The molecule has 34 heavy (non-hydrogen) atoms. The van der Waals surface area contributed by atoms with Crippen molar-refractivity contribution in [3.63, 3.8) is 0 Å². The van der Waals surface area contributed by atoms with Crippen molar-refractivity contribution in [3.05, 3.63) is 54.0 Å². The molecule has 1 fully saturated rings. The third-order valence-electron chi connectivity index (χ3n) is 6.30. The highest BCUT2D eigenvalue weighted by Gasteiger charge is 2.25. The highest BCUT2D eigenvalue weighted by molar-refractivity contribution is 5.70. The van der Waals surface area contributed by atoms with Gasteiger partial charge in [-0.15, -0.1) is 0 Å². The van der Waals surface area contributed by atoms with Crippen LogP contribution in [0.1, 0.15) is 18.2 Å². The highest BCUT2D eigenvalue weighted by Crippen LogP contribution is 2.32. The van der Waals surface area contributed by atoms with Crippen molar-refractivity contribution in [3.8, 4) is 22.8 Å². The number of methoxy groups -OCH3 is 2. The Bertz CT molecular complexity index is 1280. The average molecular weight is 460 g/mol. The van der Waals surface area contributed by atoms with Crippen molar-refractivity contribution in [1.29, 1.82) is 0 Å². The molecule has 5 rings (SSSR count). The number of anilines is 2. The quantitative estimate of drug-likeness (QED) is 0.434. The molecule has 0 N–H and O–H groups in total. The number of hydrogen-bond donors (Lipinski definition) is 0. The van der Waals surface area contributed by atoms with Crippen LogP contribution >= 0.6 is 0 Å². The Balaban J connectivity index is 1.54. The summed E-state index contributed by atoms with van der Waals surface area (Å²) in [5, 5.41) is 5.00. The summed E-state index contributed by atoms with van der Waals surface area (Å²) in [6.45, 7) is 7.65. The first-order chi connectivity index (χ1) is 16.6. The Labute approximate surface area is 199 Å². The van der Waals surface area contributed by atoms with Crippen LogP contribution in [0.2, 0.25) is 0 Å². The zero-order valence-electron chi connectivity index (χ0n) is 20.0. The zero-order valence-corrected chi connectivity index (χ0v) is 20.0. The van der Waals surface area contributed by atoms with E-state index in [2.05, 4.69) is 33.6 Å². The van der Waals surface area contributed by atoms with Crippen LogP contribution in [0.4, 0.5) is 11.8 Å². The SMILES string of the molecule is CCc1c(C)nc2cc(-c3cc(OC)cc(OC)c3)nn2c1N1CCN(c2ncccn2)CC1. The minimum absolute atomic E-state index is 0.726. The largest absolute Gasteiger partial charge is 0.497 e. The fourth-order valence-corrected chi connectivity index (χ4v) is 4.54. The lowest BCUT2D eigenvalue weighted by Crippen LogP contribution is -2.48. The molecule has 1 aliphatic heterocycles. The summed E-state index contributed by atoms with van der Waals surface area (Å²) in [5.41, 5.74) is 4.84. The lowest BCUT2D eigenvalue weighted by molar-refractivity contribution is 0.394. The van der Waals surface area contributed by atoms with E-state index >= 15 is 0 Å². The molecule has 0 bridgehead atoms. The van der Waals surface area contributed by atoms with E-state index in [9.17, 15) is 0 Å². The Morgan fingerprint density at radius 1 is 0.882 bits per heavy atom. The van der Waals surface area contributed by atoms with Crippen molar-refractivity contribution in [2.24, 2.45) is 0 Å². The van der Waals surface area contributed by atoms with Crippen LogP contribution in [0.25, 0.3) is 16.9 Å². The molecule has 3 aromatic heterocycles. The molecule has 9 heteroatoms. The lowest BCUT2D eigenvalue weighted by Gasteiger charge is -2.37. The van der Waals surface area contributed by atoms with Crippen LogP contribution in [-0.4, -0.2) is 65.0 Å². The molecule has 0 unspecified atom stereocenters. The number of piperazine rings is 1. The summed E-state index contributed by atoms with van der Waals surface area (Å²) in [6.07, 6.45) is 4.46. The number of fused-ring (bicyclic) bond motifs is 1. The van der Waals surface area contributed by atoms with Crippen molar-refractivity contribution in [1.82, 2.24) is 24.6 Å². The Kier molecular flexibility index (Phi) is 5.91. The number of aryl methyl sites for hydroxylation is 1. The van der Waals surface area contributed by atoms with E-state index in [-0.39, 0.29) is 0 Å². The van der Waals surface area contributed by atoms with Gasteiger partial charge in [0.05, 0.1) is 19.9 Å². The van der Waals surface area contributed by atoms with Gasteiger partial charge < -0.3 is 19.3 Å². The van der Waals surface area contributed by atoms with Gasteiger partial charge in [0.1, 0.15) is 17.3 Å². The molecular formula is C25H29N7O2. The van der Waals surface area contributed by atoms with Crippen molar-refractivity contribution in [2.45, 2.75) is 20.3 Å². The zero-order chi connectivity index (χ0) is 23.7. The number of ether oxygens (including phenoxy) is 2. The summed E-state index contributed by atoms with van der Waals surface area (Å²) in [6, 6.07) is 9.67. The van der Waals surface area contributed by atoms with Gasteiger partial charge in [0, 0.05) is 67.5 Å². The number of aromatic nitrogens is 5. The molecular weight excluding hydrogens is 430 g/mol. The van der Waals surface area contributed by atoms with Gasteiger partial charge in [-0.05, 0) is 31.5 Å². The Morgan fingerprint density at radius 3 is 2.15 bits per heavy atom. The standard InChI is InChI=1S/C25H29N7O2/c1-5-21-17(2)28-23-16-22(18-13-19(33-3)15-20(14-18)34-4)29-32(23)24(21)30-9-11-31(12-10-30)25-26-7-6-8-27-25/h6-8,13-16H,5,9-12H2,1-4H3. The predicted octanol–water partition coefficient (Wildman–Crippen LogP) is 3.40. The second-order valence-electron chi connectivity index (χ2n) is 8.28. The molecule has 0 atom stereocenters. The van der Waals surface area contributed by atoms with Crippen molar-refractivity contribution < 1.29 is 9.47 Å². The smallest absolute Gasteiger partial charge is 0.225 e. The monoisotopic (exact) mass is 459 g/mol. The minimum atomic E-state index is 0.726. The maximum atomic E-state index is 5.46. The molecule has 0 amide bonds. The summed E-state index contributed by atoms with van der Waals surface area (Å²) >= 11 is 0. The van der Waals surface area contributed by atoms with E-state index in [4.69, 9.17) is 19.6 Å². The Hall–Kier alpha value is -3.88. The summed E-state index contributed by atoms with van der Waals surface area (Å²) in [4.78, 5) is 18.3. The second kappa shape index (κ2) is 9.17. The fourth-order valence-electron chi connectivity index (χ4n) is 4.54. The first-order valence-corrected chi connectivity index (χ1v) is 11.5. The molecule has 0 aliphatic carbocycles. The minimum Gasteiger partial charge on any atom is -0.497 e. The van der Waals surface area contributed by atoms with Gasteiger partial charge in [0.15, 0.2) is 5.65 Å². The lowest BCUT2D eigenvalue weighted by atomic mass is 10.1. The Morgan fingerprint density at radius 2 is 1.53 bits per heavy atom. The van der Waals surface area contributed by atoms with Gasteiger partial charge in [-0.2, -0.15) is 9.61 Å². The molecule has 1 aliphatic rings. The molecule has 1 saturated heterocycles. The third-order valence-corrected chi connectivity index (χ3v) is 6.30. The summed E-state index contributed by atoms with van der Waals surface area (Å²) in [7, 11) is 3.30. The highest BCUT2D eigenvalue weighted by atomic mass is 16.5. The first-order valence-electron chi connectivity index (χ1n) is 11.5. The number of rotatable bonds is 6. The molecule has 176 valence electrons. The van der Waals surface area contributed by atoms with Crippen molar-refractivity contribution in [2.75, 3.05) is 50.2 Å². The topological polar surface area (TPSA) is 80.9 Å². The predicted molar refractivity (Wildman–Crippen MR) is 132 cm³/mol. The normalized spacial score (nSPS) is 14.0. The van der Waals surface area contributed by atoms with Gasteiger partial charge in [-0.1, -0.05) is 6.92 Å². The number of nitrogens with zero attached hydrogens (tertiary/aromatic N) is 7. The molecule has 0 saturated carbocycles. The van der Waals surface area contributed by atoms with E-state index in [1.807, 2.05) is 34.8 Å². The van der Waals surface area contributed by atoms with Crippen molar-refractivity contribution >= 4 is 17.4 Å². The van der Waals surface area contributed by atoms with E-state index in [0.717, 1.165) is 78.5 Å². The fraction of sp³-hybridized carbons (Fsp3) is 0.360. The van der Waals surface area contributed by atoms with Gasteiger partial charge in [-0.3, -0.25) is 0 Å². The van der Waals surface area contributed by atoms with Crippen LogP contribution < -0.4 is 19.3 Å². The van der Waals surface area contributed by atoms with Crippen LogP contribution in [0.5, 0.6) is 11.5 Å². The van der Waals surface area contributed by atoms with E-state index in [1.54, 1.807) is 26.6 Å². The van der Waals surface area contributed by atoms with E-state index < -0.39 is 0 Å². The molecule has 4 heterocycles. The van der Waals surface area contributed by atoms with E-state index in [1.165, 1.54) is 5.56 Å². The van der Waals surface area contributed by atoms with Crippen LogP contribution in [0.15, 0.2) is 42.7 Å². The van der Waals surface area contributed by atoms with E-state index in [0.29, 0.717) is 0 Å². The number of hydrogen-bond acceptors (Lipinski definition) is 8. The third kappa shape index (κ3) is 3.98. The van der Waals surface area contributed by atoms with Gasteiger partial charge in [0.2, 0.25) is 5.95 Å². The maximum absolute atomic E-state index is 5.46. The second-order valence-corrected chi connectivity index (χ2v) is 8.28. The molecule has 9 nitrogen and oxygen atoms in total. The molecule has 4 aromatic rings. The van der Waals surface area contributed by atoms with Crippen LogP contribution in [-0.2, 0) is 6.42 Å².